The molecule has 4 heterocycles. The minimum absolute atomic E-state index is 0.0151. The van der Waals surface area contributed by atoms with Crippen molar-refractivity contribution >= 4 is 47.2 Å². The third-order valence-electron chi connectivity index (χ3n) is 11.4. The maximum absolute atomic E-state index is 14.7. The number of alkyl halides is 1. The Morgan fingerprint density at radius 3 is 2.17 bits per heavy atom. The first-order valence-electron chi connectivity index (χ1n) is 20.0. The number of benzene rings is 2. The summed E-state index contributed by atoms with van der Waals surface area (Å²) >= 11 is 0. The van der Waals surface area contributed by atoms with Gasteiger partial charge in [0.25, 0.3) is 0 Å². The molecule has 15 nitrogen and oxygen atoms in total. The molecule has 6 rings (SSSR count). The third kappa shape index (κ3) is 9.96. The van der Waals surface area contributed by atoms with Gasteiger partial charge in [-0.2, -0.15) is 0 Å². The Bertz CT molecular complexity index is 1930. The van der Waals surface area contributed by atoms with Crippen LogP contribution in [0.25, 0.3) is 0 Å². The number of nitrogens with zero attached hydrogens (tertiary/aromatic N) is 3. The molecule has 0 radical (unpaired) electrons. The van der Waals surface area contributed by atoms with Crippen LogP contribution in [-0.2, 0) is 46.6 Å². The highest BCUT2D eigenvalue weighted by atomic mass is 19.1. The normalized spacial score (nSPS) is 27.3. The molecule has 8 atom stereocenters. The van der Waals surface area contributed by atoms with Crippen molar-refractivity contribution in [3.63, 3.8) is 0 Å². The van der Waals surface area contributed by atoms with E-state index in [0.29, 0.717) is 37.3 Å². The summed E-state index contributed by atoms with van der Waals surface area (Å²) in [4.78, 5) is 102. The first kappa shape index (κ1) is 42.9. The molecule has 4 aliphatic heterocycles. The molecule has 4 N–H and O–H groups in total. The van der Waals surface area contributed by atoms with Gasteiger partial charge in [-0.05, 0) is 93.7 Å². The summed E-state index contributed by atoms with van der Waals surface area (Å²) in [7, 11) is 0. The Hall–Kier alpha value is -5.68. The van der Waals surface area contributed by atoms with Gasteiger partial charge in [0.1, 0.15) is 60.7 Å². The largest absolute Gasteiger partial charge is 0.458 e. The number of carbonyl (C=O) groups is 7. The maximum atomic E-state index is 14.7. The number of hydrogen-bond donors (Lipinski definition) is 4. The molecule has 0 aromatic heterocycles. The highest BCUT2D eigenvalue weighted by Crippen LogP contribution is 2.29. The molecular weight excluding hydrogens is 775 g/mol. The van der Waals surface area contributed by atoms with Crippen molar-refractivity contribution in [3.8, 4) is 0 Å². The Labute approximate surface area is 339 Å². The second-order valence-electron chi connectivity index (χ2n) is 15.9. The monoisotopic (exact) mass is 825 g/mol. The van der Waals surface area contributed by atoms with Crippen molar-refractivity contribution in [2.45, 2.75) is 115 Å². The van der Waals surface area contributed by atoms with Crippen LogP contribution in [0.1, 0.15) is 70.4 Å². The van der Waals surface area contributed by atoms with E-state index < -0.39 is 109 Å². The van der Waals surface area contributed by atoms with Crippen LogP contribution in [-0.4, -0.2) is 118 Å². The average Bonchev–Trinajstić information content (AvgIpc) is 3.85. The van der Waals surface area contributed by atoms with Gasteiger partial charge in [-0.3, -0.25) is 24.0 Å². The van der Waals surface area contributed by atoms with Crippen LogP contribution in [0.5, 0.6) is 0 Å². The molecule has 4 aliphatic rings. The zero-order valence-corrected chi connectivity index (χ0v) is 33.2. The molecule has 2 aromatic carbocycles. The fourth-order valence-corrected chi connectivity index (χ4v) is 8.40. The van der Waals surface area contributed by atoms with Crippen LogP contribution in [0.2, 0.25) is 0 Å². The van der Waals surface area contributed by atoms with Crippen LogP contribution < -0.4 is 21.3 Å². The summed E-state index contributed by atoms with van der Waals surface area (Å²) in [5.41, 5.74) is 0.582. The lowest BCUT2D eigenvalue weighted by Gasteiger charge is -2.39. The number of cyclic esters (lactones) is 1. The summed E-state index contributed by atoms with van der Waals surface area (Å²) in [5.74, 6) is -6.17. The number of amides is 7. The summed E-state index contributed by atoms with van der Waals surface area (Å²) in [5, 5.41) is 10.4. The smallest absolute Gasteiger partial charge is 0.329 e. The van der Waals surface area contributed by atoms with E-state index in [0.717, 1.165) is 12.1 Å². The van der Waals surface area contributed by atoms with Gasteiger partial charge >= 0.3 is 12.0 Å². The van der Waals surface area contributed by atoms with Crippen molar-refractivity contribution in [1.29, 1.82) is 0 Å². The first-order valence-corrected chi connectivity index (χ1v) is 20.0. The number of rotatable bonds is 7. The molecule has 0 bridgehead atoms. The van der Waals surface area contributed by atoms with Crippen molar-refractivity contribution in [1.82, 2.24) is 30.7 Å². The molecule has 0 aliphatic carbocycles. The number of carbonyl (C=O) groups excluding carboxylic acids is 7. The number of ether oxygens (including phenoxy) is 1. The van der Waals surface area contributed by atoms with E-state index in [1.54, 1.807) is 0 Å². The minimum Gasteiger partial charge on any atom is -0.458 e. The lowest BCUT2D eigenvalue weighted by Crippen LogP contribution is -2.63. The molecule has 0 saturated carbocycles. The Kier molecular flexibility index (Phi) is 13.5. The molecule has 0 spiro atoms. The van der Waals surface area contributed by atoms with E-state index in [4.69, 9.17) is 4.74 Å². The molecule has 18 heteroatoms. The fraction of sp³-hybridized carbons (Fsp3) is 0.537. The topological polar surface area (TPSA) is 187 Å². The van der Waals surface area contributed by atoms with Gasteiger partial charge in [0.2, 0.25) is 29.5 Å². The molecule has 2 aromatic rings. The predicted molar refractivity (Wildman–Crippen MR) is 206 cm³/mol. The third-order valence-corrected chi connectivity index (χ3v) is 11.4. The fourth-order valence-electron chi connectivity index (χ4n) is 8.40. The maximum Gasteiger partial charge on any atom is 0.329 e. The number of nitrogens with one attached hydrogen (secondary N) is 4. The SMILES string of the molecule is C[C@@H]1C[C@H]2C(=O)O[C@@H](C)[C@H](NC(=O)[C@H](Cc3cc(F)cc(F)c3)NC(=O)Nc3ccc(CF)cc3)C(=O)N3CCC[C@H]3C(=O)N3CCCC[C@H]3C(=O)N[C@@H](C)C(=O)N2C1. The quantitative estimate of drug-likeness (QED) is 0.307. The molecule has 318 valence electrons. The van der Waals surface area contributed by atoms with Gasteiger partial charge in [-0.1, -0.05) is 19.1 Å². The highest BCUT2D eigenvalue weighted by Gasteiger charge is 2.47. The summed E-state index contributed by atoms with van der Waals surface area (Å²) in [6, 6.07) is 0.154. The predicted octanol–water partition coefficient (Wildman–Crippen LogP) is 2.71. The van der Waals surface area contributed by atoms with Crippen molar-refractivity contribution in [2.24, 2.45) is 5.92 Å². The lowest BCUT2D eigenvalue weighted by molar-refractivity contribution is -0.163. The highest BCUT2D eigenvalue weighted by molar-refractivity contribution is 5.98. The molecular formula is C41H50F3N7O8. The van der Waals surface area contributed by atoms with Gasteiger partial charge in [0, 0.05) is 37.8 Å². The number of urea groups is 1. The molecule has 4 saturated heterocycles. The van der Waals surface area contributed by atoms with Gasteiger partial charge in [0.15, 0.2) is 0 Å². The zero-order valence-electron chi connectivity index (χ0n) is 33.2. The van der Waals surface area contributed by atoms with Crippen molar-refractivity contribution in [2.75, 3.05) is 25.0 Å². The second-order valence-corrected chi connectivity index (χ2v) is 15.9. The van der Waals surface area contributed by atoms with Crippen LogP contribution in [0.15, 0.2) is 42.5 Å². The van der Waals surface area contributed by atoms with E-state index in [9.17, 15) is 46.7 Å². The lowest BCUT2D eigenvalue weighted by atomic mass is 9.99. The molecule has 7 amide bonds. The second kappa shape index (κ2) is 18.5. The summed E-state index contributed by atoms with van der Waals surface area (Å²) < 4.78 is 47.6. The van der Waals surface area contributed by atoms with E-state index in [-0.39, 0.29) is 49.6 Å². The number of anilines is 1. The summed E-state index contributed by atoms with van der Waals surface area (Å²) in [6.45, 7) is 4.54. The number of piperidine rings is 1. The first-order chi connectivity index (χ1) is 28.1. The Morgan fingerprint density at radius 2 is 1.47 bits per heavy atom. The molecule has 0 unspecified atom stereocenters. The Morgan fingerprint density at radius 1 is 0.814 bits per heavy atom. The molecule has 59 heavy (non-hydrogen) atoms. The minimum atomic E-state index is -1.65. The number of hydrogen-bond acceptors (Lipinski definition) is 8. The van der Waals surface area contributed by atoms with Crippen LogP contribution in [0.4, 0.5) is 23.7 Å². The van der Waals surface area contributed by atoms with Gasteiger partial charge in [0.05, 0.1) is 0 Å². The Balaban J connectivity index is 1.33. The standard InChI is InChI=1S/C41H50F3N7O8/c1-22-15-33-40(57)59-24(3)34(48-35(52)30(18-26-16-27(43)19-28(44)17-26)47-41(58)46-29-11-9-25(20-42)10-12-29)39(56)50-14-6-8-32(50)38(55)49-13-5-4-7-31(49)36(53)45-23(2)37(54)51(33)21-22/h9-12,16-17,19,22-24,30-34H,4-8,13-15,18,20-21H2,1-3H3,(H,45,53)(H,48,52)(H2,46,47,58)/t22-,23+,24+,30+,31+,32+,33+,34+/m1/s1. The number of halogens is 3. The van der Waals surface area contributed by atoms with Gasteiger partial charge < -0.3 is 40.7 Å². The van der Waals surface area contributed by atoms with E-state index in [2.05, 4.69) is 21.3 Å². The van der Waals surface area contributed by atoms with E-state index in [1.807, 2.05) is 6.92 Å². The van der Waals surface area contributed by atoms with Crippen LogP contribution in [0, 0.1) is 17.6 Å². The van der Waals surface area contributed by atoms with Crippen molar-refractivity contribution < 1.29 is 51.5 Å². The number of esters is 1. The molecule has 4 fully saturated rings. The van der Waals surface area contributed by atoms with E-state index in [1.165, 1.54) is 52.8 Å². The zero-order chi connectivity index (χ0) is 42.5. The number of fused-ring (bicyclic) bond motifs is 3. The van der Waals surface area contributed by atoms with Gasteiger partial charge in [-0.15, -0.1) is 0 Å². The van der Waals surface area contributed by atoms with E-state index >= 15 is 0 Å². The van der Waals surface area contributed by atoms with Gasteiger partial charge in [-0.25, -0.2) is 22.8 Å². The van der Waals surface area contributed by atoms with Crippen LogP contribution in [0.3, 0.4) is 0 Å². The summed E-state index contributed by atoms with van der Waals surface area (Å²) in [6.07, 6.45) is 0.633. The van der Waals surface area contributed by atoms with Crippen molar-refractivity contribution in [3.05, 3.63) is 65.2 Å². The van der Waals surface area contributed by atoms with Crippen LogP contribution >= 0.6 is 0 Å². The average molecular weight is 826 g/mol.